The van der Waals surface area contributed by atoms with Crippen molar-refractivity contribution in [2.24, 2.45) is 7.05 Å². The van der Waals surface area contributed by atoms with Gasteiger partial charge in [0.1, 0.15) is 0 Å². The normalized spacial score (nSPS) is 11.2. The molecule has 86 valence electrons. The Labute approximate surface area is 91.5 Å². The smallest absolute Gasteiger partial charge is 0.0764 e. The van der Waals surface area contributed by atoms with E-state index in [0.717, 1.165) is 38.0 Å². The van der Waals surface area contributed by atoms with Gasteiger partial charge < -0.3 is 10.0 Å². The maximum Gasteiger partial charge on any atom is 0.0764 e. The van der Waals surface area contributed by atoms with Crippen molar-refractivity contribution >= 4 is 0 Å². The van der Waals surface area contributed by atoms with Crippen molar-refractivity contribution in [1.82, 2.24) is 14.7 Å². The third-order valence-corrected chi connectivity index (χ3v) is 2.40. The second-order valence-electron chi connectivity index (χ2n) is 4.00. The van der Waals surface area contributed by atoms with Crippen LogP contribution in [-0.2, 0) is 13.6 Å². The van der Waals surface area contributed by atoms with Gasteiger partial charge in [-0.2, -0.15) is 5.10 Å². The quantitative estimate of drug-likeness (QED) is 0.684. The highest BCUT2D eigenvalue weighted by Gasteiger charge is 2.02. The molecule has 1 rings (SSSR count). The Hall–Kier alpha value is -0.870. The van der Waals surface area contributed by atoms with Crippen LogP contribution in [0.1, 0.15) is 25.0 Å². The van der Waals surface area contributed by atoms with E-state index < -0.39 is 0 Å². The van der Waals surface area contributed by atoms with Gasteiger partial charge in [0.05, 0.1) is 5.69 Å². The van der Waals surface area contributed by atoms with Gasteiger partial charge in [0.25, 0.3) is 0 Å². The Bertz CT molecular complexity index is 273. The molecule has 4 nitrogen and oxygen atoms in total. The van der Waals surface area contributed by atoms with Gasteiger partial charge in [0, 0.05) is 26.4 Å². The minimum absolute atomic E-state index is 0.309. The number of hydrogen-bond donors (Lipinski definition) is 1. The molecule has 1 aromatic heterocycles. The molecule has 1 N–H and O–H groups in total. The number of aryl methyl sites for hydroxylation is 1. The topological polar surface area (TPSA) is 41.3 Å². The Morgan fingerprint density at radius 3 is 2.80 bits per heavy atom. The van der Waals surface area contributed by atoms with E-state index in [1.165, 1.54) is 0 Å². The summed E-state index contributed by atoms with van der Waals surface area (Å²) in [6, 6.07) is 2.05. The van der Waals surface area contributed by atoms with E-state index in [-0.39, 0.29) is 0 Å². The van der Waals surface area contributed by atoms with Crippen LogP contribution in [0.25, 0.3) is 0 Å². The molecule has 0 aliphatic carbocycles. The van der Waals surface area contributed by atoms with Crippen LogP contribution < -0.4 is 0 Å². The van der Waals surface area contributed by atoms with E-state index in [9.17, 15) is 0 Å². The van der Waals surface area contributed by atoms with Crippen molar-refractivity contribution in [3.8, 4) is 0 Å². The van der Waals surface area contributed by atoms with E-state index in [1.54, 1.807) is 0 Å². The van der Waals surface area contributed by atoms with Crippen molar-refractivity contribution in [2.45, 2.75) is 25.8 Å². The zero-order valence-corrected chi connectivity index (χ0v) is 9.69. The first kappa shape index (κ1) is 12.2. The van der Waals surface area contributed by atoms with Crippen molar-refractivity contribution in [3.63, 3.8) is 0 Å². The van der Waals surface area contributed by atoms with Gasteiger partial charge >= 0.3 is 0 Å². The van der Waals surface area contributed by atoms with Crippen LogP contribution in [0.15, 0.2) is 12.3 Å². The highest BCUT2D eigenvalue weighted by atomic mass is 16.2. The standard InChI is InChI=1S/C11H21N3O/c1-13(7-4-3-5-9-15)10-11-6-8-14(2)12-11/h6,8,15H,3-5,7,9-10H2,1-2H3. The van der Waals surface area contributed by atoms with Gasteiger partial charge in [-0.3, -0.25) is 4.68 Å². The lowest BCUT2D eigenvalue weighted by Gasteiger charge is -2.14. The second-order valence-corrected chi connectivity index (χ2v) is 4.00. The van der Waals surface area contributed by atoms with Crippen LogP contribution in [0.2, 0.25) is 0 Å². The number of rotatable bonds is 7. The summed E-state index contributed by atoms with van der Waals surface area (Å²) in [6.45, 7) is 2.28. The van der Waals surface area contributed by atoms with E-state index in [0.29, 0.717) is 6.61 Å². The molecule has 0 amide bonds. The van der Waals surface area contributed by atoms with Gasteiger partial charge in [-0.15, -0.1) is 0 Å². The SMILES string of the molecule is CN(CCCCCO)Cc1ccn(C)n1. The molecule has 1 aromatic rings. The lowest BCUT2D eigenvalue weighted by Crippen LogP contribution is -2.19. The zero-order valence-electron chi connectivity index (χ0n) is 9.69. The van der Waals surface area contributed by atoms with Crippen molar-refractivity contribution in [1.29, 1.82) is 0 Å². The summed E-state index contributed by atoms with van der Waals surface area (Å²) in [6.07, 6.45) is 5.12. The molecule has 15 heavy (non-hydrogen) atoms. The predicted octanol–water partition coefficient (Wildman–Crippen LogP) is 1.01. The minimum Gasteiger partial charge on any atom is -0.396 e. The molecule has 0 fully saturated rings. The van der Waals surface area contributed by atoms with Crippen molar-refractivity contribution in [3.05, 3.63) is 18.0 Å². The number of unbranched alkanes of at least 4 members (excludes halogenated alkanes) is 2. The first-order chi connectivity index (χ1) is 7.22. The average molecular weight is 211 g/mol. The van der Waals surface area contributed by atoms with E-state index >= 15 is 0 Å². The highest BCUT2D eigenvalue weighted by Crippen LogP contribution is 2.02. The molecule has 0 atom stereocenters. The lowest BCUT2D eigenvalue weighted by molar-refractivity contribution is 0.270. The maximum atomic E-state index is 8.64. The Kier molecular flexibility index (Phi) is 5.36. The molecule has 0 bridgehead atoms. The molecule has 0 aliphatic heterocycles. The van der Waals surface area contributed by atoms with Crippen LogP contribution in [0, 0.1) is 0 Å². The molecule has 1 heterocycles. The summed E-state index contributed by atoms with van der Waals surface area (Å²) in [5.41, 5.74) is 1.11. The minimum atomic E-state index is 0.309. The fourth-order valence-electron chi connectivity index (χ4n) is 1.57. The lowest BCUT2D eigenvalue weighted by atomic mass is 10.2. The number of aromatic nitrogens is 2. The highest BCUT2D eigenvalue weighted by molar-refractivity contribution is 4.97. The second kappa shape index (κ2) is 6.58. The Morgan fingerprint density at radius 1 is 1.40 bits per heavy atom. The zero-order chi connectivity index (χ0) is 11.1. The largest absolute Gasteiger partial charge is 0.396 e. The van der Waals surface area contributed by atoms with Crippen LogP contribution in [0.4, 0.5) is 0 Å². The van der Waals surface area contributed by atoms with E-state index in [1.807, 2.05) is 24.0 Å². The number of hydrogen-bond acceptors (Lipinski definition) is 3. The third kappa shape index (κ3) is 4.95. The fraction of sp³-hybridized carbons (Fsp3) is 0.727. The average Bonchev–Trinajstić information content (AvgIpc) is 2.59. The summed E-state index contributed by atoms with van der Waals surface area (Å²) < 4.78 is 1.83. The van der Waals surface area contributed by atoms with Crippen molar-refractivity contribution in [2.75, 3.05) is 20.2 Å². The molecule has 0 saturated heterocycles. The van der Waals surface area contributed by atoms with Crippen LogP contribution in [0.3, 0.4) is 0 Å². The molecule has 0 aromatic carbocycles. The van der Waals surface area contributed by atoms with Gasteiger partial charge in [-0.05, 0) is 38.9 Å². The molecule has 0 spiro atoms. The summed E-state index contributed by atoms with van der Waals surface area (Å²) in [5, 5.41) is 13.0. The molecule has 0 radical (unpaired) electrons. The molecule has 4 heteroatoms. The first-order valence-corrected chi connectivity index (χ1v) is 5.50. The summed E-state index contributed by atoms with van der Waals surface area (Å²) >= 11 is 0. The molecule has 0 unspecified atom stereocenters. The van der Waals surface area contributed by atoms with E-state index in [4.69, 9.17) is 5.11 Å². The Balaban J connectivity index is 2.15. The van der Waals surface area contributed by atoms with Crippen molar-refractivity contribution < 1.29 is 5.11 Å². The van der Waals surface area contributed by atoms with Crippen LogP contribution in [0.5, 0.6) is 0 Å². The Morgan fingerprint density at radius 2 is 2.20 bits per heavy atom. The molecular weight excluding hydrogens is 190 g/mol. The maximum absolute atomic E-state index is 8.64. The summed E-state index contributed by atoms with van der Waals surface area (Å²) in [4.78, 5) is 2.26. The van der Waals surface area contributed by atoms with Crippen LogP contribution in [-0.4, -0.2) is 40.0 Å². The number of nitrogens with zero attached hydrogens (tertiary/aromatic N) is 3. The molecule has 0 saturated carbocycles. The van der Waals surface area contributed by atoms with Gasteiger partial charge in [0.15, 0.2) is 0 Å². The monoisotopic (exact) mass is 211 g/mol. The van der Waals surface area contributed by atoms with Gasteiger partial charge in [-0.1, -0.05) is 0 Å². The van der Waals surface area contributed by atoms with Gasteiger partial charge in [0.2, 0.25) is 0 Å². The third-order valence-electron chi connectivity index (χ3n) is 2.40. The molecule has 0 aliphatic rings. The predicted molar refractivity (Wildman–Crippen MR) is 60.5 cm³/mol. The van der Waals surface area contributed by atoms with E-state index in [2.05, 4.69) is 17.0 Å². The summed E-state index contributed by atoms with van der Waals surface area (Å²) in [7, 11) is 4.04. The number of aliphatic hydroxyl groups excluding tert-OH is 1. The number of aliphatic hydroxyl groups is 1. The first-order valence-electron chi connectivity index (χ1n) is 5.50. The fourth-order valence-corrected chi connectivity index (χ4v) is 1.57. The molecular formula is C11H21N3O. The van der Waals surface area contributed by atoms with Gasteiger partial charge in [-0.25, -0.2) is 0 Å². The summed E-state index contributed by atoms with van der Waals surface area (Å²) in [5.74, 6) is 0. The van der Waals surface area contributed by atoms with Crippen LogP contribution >= 0.6 is 0 Å².